The number of benzene rings is 1. The molecule has 1 fully saturated rings. The van der Waals surface area contributed by atoms with Gasteiger partial charge in [0.25, 0.3) is 5.54 Å². The zero-order valence-electron chi connectivity index (χ0n) is 12.0. The standard InChI is InChI=1S/C15H16BrNO5/c16-11-7-13-12(21-9-22-13)6-10(11)8-15(17(19)20)5-3-1-2-4-14(15)18/h6-7H,1-5,8-9H2. The van der Waals surface area contributed by atoms with Crippen molar-refractivity contribution in [2.75, 3.05) is 6.79 Å². The minimum Gasteiger partial charge on any atom is -0.454 e. The van der Waals surface area contributed by atoms with Crippen LogP contribution < -0.4 is 9.47 Å². The Hall–Kier alpha value is -1.63. The fraction of sp³-hybridized carbons (Fsp3) is 0.533. The topological polar surface area (TPSA) is 78.7 Å². The van der Waals surface area contributed by atoms with Crippen molar-refractivity contribution in [1.29, 1.82) is 0 Å². The maximum atomic E-state index is 12.4. The van der Waals surface area contributed by atoms with E-state index in [4.69, 9.17) is 9.47 Å². The molecule has 0 spiro atoms. The first-order valence-electron chi connectivity index (χ1n) is 7.29. The van der Waals surface area contributed by atoms with E-state index in [2.05, 4.69) is 15.9 Å². The number of ether oxygens (including phenoxy) is 2. The van der Waals surface area contributed by atoms with E-state index in [1.54, 1.807) is 12.1 Å². The number of carbonyl (C=O) groups excluding carboxylic acids is 1. The summed E-state index contributed by atoms with van der Waals surface area (Å²) in [5, 5.41) is 11.7. The van der Waals surface area contributed by atoms with E-state index in [1.165, 1.54) is 0 Å². The fourth-order valence-electron chi connectivity index (χ4n) is 3.11. The van der Waals surface area contributed by atoms with Crippen LogP contribution in [0.1, 0.15) is 37.7 Å². The van der Waals surface area contributed by atoms with E-state index in [1.807, 2.05) is 0 Å². The highest BCUT2D eigenvalue weighted by atomic mass is 79.9. The molecule has 1 aliphatic carbocycles. The summed E-state index contributed by atoms with van der Waals surface area (Å²) in [6.07, 6.45) is 2.95. The van der Waals surface area contributed by atoms with Gasteiger partial charge in [-0.05, 0) is 30.5 Å². The van der Waals surface area contributed by atoms with Crippen molar-refractivity contribution >= 4 is 21.7 Å². The van der Waals surface area contributed by atoms with Gasteiger partial charge in [-0.25, -0.2) is 0 Å². The van der Waals surface area contributed by atoms with Gasteiger partial charge in [-0.1, -0.05) is 22.4 Å². The highest BCUT2D eigenvalue weighted by Gasteiger charge is 2.50. The third-order valence-corrected chi connectivity index (χ3v) is 5.13. The summed E-state index contributed by atoms with van der Waals surface area (Å²) in [5.41, 5.74) is -0.816. The minimum atomic E-state index is -1.52. The van der Waals surface area contributed by atoms with Crippen LogP contribution in [0.2, 0.25) is 0 Å². The zero-order valence-corrected chi connectivity index (χ0v) is 13.6. The molecule has 0 bridgehead atoms. The van der Waals surface area contributed by atoms with Crippen LogP contribution in [0.5, 0.6) is 11.5 Å². The normalized spacial score (nSPS) is 24.1. The molecule has 1 unspecified atom stereocenters. The molecule has 1 atom stereocenters. The van der Waals surface area contributed by atoms with Crippen LogP contribution in [-0.2, 0) is 11.2 Å². The molecule has 3 rings (SSSR count). The monoisotopic (exact) mass is 369 g/mol. The average Bonchev–Trinajstić information content (AvgIpc) is 2.83. The van der Waals surface area contributed by atoms with Crippen molar-refractivity contribution in [1.82, 2.24) is 0 Å². The lowest BCUT2D eigenvalue weighted by Crippen LogP contribution is -2.47. The van der Waals surface area contributed by atoms with Gasteiger partial charge >= 0.3 is 0 Å². The Balaban J connectivity index is 1.97. The molecule has 0 saturated heterocycles. The number of nitro groups is 1. The lowest BCUT2D eigenvalue weighted by atomic mass is 9.83. The Morgan fingerprint density at radius 3 is 2.68 bits per heavy atom. The summed E-state index contributed by atoms with van der Waals surface area (Å²) in [6.45, 7) is 0.143. The molecule has 2 aliphatic rings. The number of nitrogens with zero attached hydrogens (tertiary/aromatic N) is 1. The third-order valence-electron chi connectivity index (χ3n) is 4.39. The lowest BCUT2D eigenvalue weighted by Gasteiger charge is -2.23. The lowest BCUT2D eigenvalue weighted by molar-refractivity contribution is -0.553. The first kappa shape index (κ1) is 15.3. The van der Waals surface area contributed by atoms with Crippen molar-refractivity contribution in [2.45, 2.75) is 44.1 Å². The molecular weight excluding hydrogens is 354 g/mol. The Morgan fingerprint density at radius 1 is 1.23 bits per heavy atom. The van der Waals surface area contributed by atoms with Gasteiger partial charge in [0.15, 0.2) is 11.5 Å². The van der Waals surface area contributed by atoms with E-state index >= 15 is 0 Å². The van der Waals surface area contributed by atoms with Crippen molar-refractivity contribution in [3.63, 3.8) is 0 Å². The van der Waals surface area contributed by atoms with Crippen LogP contribution in [0.3, 0.4) is 0 Å². The summed E-state index contributed by atoms with van der Waals surface area (Å²) in [7, 11) is 0. The number of rotatable bonds is 3. The van der Waals surface area contributed by atoms with Crippen LogP contribution in [0.25, 0.3) is 0 Å². The summed E-state index contributed by atoms with van der Waals surface area (Å²) < 4.78 is 11.3. The Kier molecular flexibility index (Phi) is 4.08. The highest BCUT2D eigenvalue weighted by molar-refractivity contribution is 9.10. The maximum absolute atomic E-state index is 12.4. The molecule has 1 saturated carbocycles. The second-order valence-corrected chi connectivity index (χ2v) is 6.60. The van der Waals surface area contributed by atoms with Gasteiger partial charge in [-0.2, -0.15) is 0 Å². The predicted octanol–water partition coefficient (Wildman–Crippen LogP) is 3.27. The first-order valence-corrected chi connectivity index (χ1v) is 8.08. The quantitative estimate of drug-likeness (QED) is 0.464. The average molecular weight is 370 g/mol. The Labute approximate surface area is 136 Å². The molecule has 0 radical (unpaired) electrons. The summed E-state index contributed by atoms with van der Waals surface area (Å²) in [5.74, 6) is 0.912. The van der Waals surface area contributed by atoms with Gasteiger partial charge in [0.1, 0.15) is 0 Å². The molecule has 0 aromatic heterocycles. The largest absolute Gasteiger partial charge is 0.454 e. The second-order valence-electron chi connectivity index (χ2n) is 5.75. The van der Waals surface area contributed by atoms with Gasteiger partial charge in [0.05, 0.1) is 6.42 Å². The van der Waals surface area contributed by atoms with Crippen LogP contribution in [-0.4, -0.2) is 23.0 Å². The van der Waals surface area contributed by atoms with Crippen LogP contribution in [0, 0.1) is 10.1 Å². The number of Topliss-reactive ketones (excluding diaryl/α,β-unsaturated/α-hetero) is 1. The van der Waals surface area contributed by atoms with Gasteiger partial charge in [0, 0.05) is 22.2 Å². The van der Waals surface area contributed by atoms with Crippen LogP contribution >= 0.6 is 15.9 Å². The van der Waals surface area contributed by atoms with Crippen molar-refractivity contribution in [3.8, 4) is 11.5 Å². The molecule has 0 amide bonds. The zero-order chi connectivity index (χ0) is 15.7. The molecule has 7 heteroatoms. The molecule has 1 aromatic rings. The van der Waals surface area contributed by atoms with E-state index in [0.717, 1.165) is 12.8 Å². The smallest absolute Gasteiger partial charge is 0.283 e. The Morgan fingerprint density at radius 2 is 1.95 bits per heavy atom. The van der Waals surface area contributed by atoms with Crippen LogP contribution in [0.4, 0.5) is 0 Å². The molecule has 0 N–H and O–H groups in total. The maximum Gasteiger partial charge on any atom is 0.283 e. The molecule has 118 valence electrons. The molecule has 22 heavy (non-hydrogen) atoms. The van der Waals surface area contributed by atoms with Crippen molar-refractivity contribution < 1.29 is 19.2 Å². The first-order chi connectivity index (χ1) is 10.5. The predicted molar refractivity (Wildman–Crippen MR) is 81.8 cm³/mol. The number of ketones is 1. The highest BCUT2D eigenvalue weighted by Crippen LogP contribution is 2.40. The van der Waals surface area contributed by atoms with Crippen molar-refractivity contribution in [3.05, 3.63) is 32.3 Å². The van der Waals surface area contributed by atoms with Gasteiger partial charge in [-0.15, -0.1) is 0 Å². The SMILES string of the molecule is O=C1CCCCCC1(Cc1cc2c(cc1Br)OCO2)[N+](=O)[O-]. The summed E-state index contributed by atoms with van der Waals surface area (Å²) >= 11 is 3.42. The fourth-order valence-corrected chi connectivity index (χ4v) is 3.57. The van der Waals surface area contributed by atoms with Gasteiger partial charge in [0.2, 0.25) is 12.6 Å². The molecule has 1 aliphatic heterocycles. The number of hydrogen-bond acceptors (Lipinski definition) is 5. The van der Waals surface area contributed by atoms with E-state index < -0.39 is 10.5 Å². The molecule has 1 heterocycles. The number of hydrogen-bond donors (Lipinski definition) is 0. The summed E-state index contributed by atoms with van der Waals surface area (Å²) in [6, 6.07) is 3.47. The molecule has 6 nitrogen and oxygen atoms in total. The van der Waals surface area contributed by atoms with Crippen LogP contribution in [0.15, 0.2) is 16.6 Å². The second kappa shape index (κ2) is 5.87. The number of carbonyl (C=O) groups is 1. The van der Waals surface area contributed by atoms with E-state index in [-0.39, 0.29) is 25.4 Å². The third kappa shape index (κ3) is 2.58. The minimum absolute atomic E-state index is 0.0794. The van der Waals surface area contributed by atoms with Gasteiger partial charge in [-0.3, -0.25) is 14.9 Å². The van der Waals surface area contributed by atoms with Crippen molar-refractivity contribution in [2.24, 2.45) is 0 Å². The number of fused-ring (bicyclic) bond motifs is 1. The molecule has 1 aromatic carbocycles. The molecular formula is C15H16BrNO5. The van der Waals surface area contributed by atoms with E-state index in [0.29, 0.717) is 34.4 Å². The number of halogens is 1. The van der Waals surface area contributed by atoms with Gasteiger partial charge < -0.3 is 9.47 Å². The summed E-state index contributed by atoms with van der Waals surface area (Å²) in [4.78, 5) is 23.7. The Bertz CT molecular complexity index is 633. The van der Waals surface area contributed by atoms with E-state index in [9.17, 15) is 14.9 Å².